The number of carbonyl (C=O) groups is 1. The van der Waals surface area contributed by atoms with Gasteiger partial charge < -0.3 is 15.8 Å². The van der Waals surface area contributed by atoms with Crippen LogP contribution in [-0.2, 0) is 13.0 Å². The smallest absolute Gasteiger partial charge is 0.254 e. The lowest BCUT2D eigenvalue weighted by Gasteiger charge is -2.11. The third-order valence-corrected chi connectivity index (χ3v) is 4.95. The first-order valence-corrected chi connectivity index (χ1v) is 9.17. The molecule has 7 heteroatoms. The summed E-state index contributed by atoms with van der Waals surface area (Å²) in [5, 5.41) is 6.65. The van der Waals surface area contributed by atoms with Crippen LogP contribution in [0.5, 0.6) is 11.5 Å². The number of carbonyl (C=O) groups excluding carboxylic acids is 1. The molecule has 1 amide bonds. The number of aromatic nitrogens is 3. The molecule has 0 unspecified atom stereocenters. The van der Waals surface area contributed by atoms with Gasteiger partial charge in [0.05, 0.1) is 17.1 Å². The van der Waals surface area contributed by atoms with Crippen LogP contribution in [-0.4, -0.2) is 27.0 Å². The first kappa shape index (κ1) is 16.6. The Bertz CT molecular complexity index is 1160. The first-order valence-electron chi connectivity index (χ1n) is 9.17. The lowest BCUT2D eigenvalue weighted by Crippen LogP contribution is -2.24. The lowest BCUT2D eigenvalue weighted by molar-refractivity contribution is 0.100. The number of hydrogen-bond donors (Lipinski definition) is 3. The number of para-hydroxylation sites is 1. The minimum atomic E-state index is -0.499. The number of imidazole rings is 1. The summed E-state index contributed by atoms with van der Waals surface area (Å²) in [6, 6.07) is 17.1. The second-order valence-electron chi connectivity index (χ2n) is 6.76. The predicted octanol–water partition coefficient (Wildman–Crippen LogP) is 2.87. The van der Waals surface area contributed by atoms with Crippen LogP contribution < -0.4 is 15.8 Å². The number of ether oxygens (including phenoxy) is 1. The van der Waals surface area contributed by atoms with Crippen LogP contribution in [0.15, 0.2) is 54.6 Å². The molecule has 0 atom stereocenters. The molecule has 0 spiro atoms. The van der Waals surface area contributed by atoms with Crippen molar-refractivity contribution in [3.8, 4) is 22.8 Å². The van der Waals surface area contributed by atoms with E-state index in [1.807, 2.05) is 59.1 Å². The number of rotatable bonds is 4. The molecule has 1 aliphatic heterocycles. The van der Waals surface area contributed by atoms with Gasteiger partial charge >= 0.3 is 0 Å². The molecule has 0 bridgehead atoms. The van der Waals surface area contributed by atoms with Gasteiger partial charge in [-0.2, -0.15) is 0 Å². The van der Waals surface area contributed by atoms with Crippen molar-refractivity contribution in [2.45, 2.75) is 13.0 Å². The van der Waals surface area contributed by atoms with Crippen LogP contribution in [0.2, 0.25) is 0 Å². The average molecular weight is 373 g/mol. The highest BCUT2D eigenvalue weighted by molar-refractivity contribution is 6.04. The molecule has 1 aliphatic rings. The Balaban J connectivity index is 1.54. The second-order valence-corrected chi connectivity index (χ2v) is 6.76. The number of nitrogens with one attached hydrogen (secondary N) is 2. The SMILES string of the molecule is NC(=O)c1c(-c2ccc(Oc3ccccc3)cc2)[nH]n2c3c(nc12)CCNC3. The van der Waals surface area contributed by atoms with E-state index >= 15 is 0 Å². The van der Waals surface area contributed by atoms with Crippen LogP contribution in [0.25, 0.3) is 16.9 Å². The molecule has 4 N–H and O–H groups in total. The molecular formula is C21H19N5O2. The summed E-state index contributed by atoms with van der Waals surface area (Å²) < 4.78 is 7.70. The average Bonchev–Trinajstić information content (AvgIpc) is 3.25. The monoisotopic (exact) mass is 373 g/mol. The van der Waals surface area contributed by atoms with Gasteiger partial charge in [0.2, 0.25) is 0 Å². The van der Waals surface area contributed by atoms with Crippen molar-refractivity contribution in [1.82, 2.24) is 19.9 Å². The van der Waals surface area contributed by atoms with Crippen molar-refractivity contribution >= 4 is 11.6 Å². The van der Waals surface area contributed by atoms with Crippen LogP contribution >= 0.6 is 0 Å². The zero-order valence-electron chi connectivity index (χ0n) is 15.1. The van der Waals surface area contributed by atoms with Gasteiger partial charge in [-0.3, -0.25) is 9.89 Å². The molecule has 7 nitrogen and oxygen atoms in total. The van der Waals surface area contributed by atoms with Gasteiger partial charge in [0, 0.05) is 25.1 Å². The number of nitrogens with zero attached hydrogens (tertiary/aromatic N) is 2. The zero-order valence-corrected chi connectivity index (χ0v) is 15.1. The van der Waals surface area contributed by atoms with E-state index in [0.29, 0.717) is 29.2 Å². The first-order chi connectivity index (χ1) is 13.7. The third-order valence-electron chi connectivity index (χ3n) is 4.95. The number of primary amides is 1. The molecular weight excluding hydrogens is 354 g/mol. The number of hydrogen-bond acceptors (Lipinski definition) is 4. The number of fused-ring (bicyclic) bond motifs is 3. The van der Waals surface area contributed by atoms with Crippen LogP contribution in [0.3, 0.4) is 0 Å². The van der Waals surface area contributed by atoms with Gasteiger partial charge in [0.15, 0.2) is 5.65 Å². The van der Waals surface area contributed by atoms with E-state index in [2.05, 4.69) is 15.4 Å². The highest BCUT2D eigenvalue weighted by Gasteiger charge is 2.25. The largest absolute Gasteiger partial charge is 0.457 e. The summed E-state index contributed by atoms with van der Waals surface area (Å²) in [5.74, 6) is 0.986. The van der Waals surface area contributed by atoms with Gasteiger partial charge in [0.25, 0.3) is 5.91 Å². The van der Waals surface area contributed by atoms with Crippen LogP contribution in [0, 0.1) is 0 Å². The summed E-state index contributed by atoms with van der Waals surface area (Å²) >= 11 is 0. The van der Waals surface area contributed by atoms with Crippen molar-refractivity contribution in [3.63, 3.8) is 0 Å². The molecule has 3 heterocycles. The van der Waals surface area contributed by atoms with Crippen molar-refractivity contribution in [1.29, 1.82) is 0 Å². The molecule has 140 valence electrons. The summed E-state index contributed by atoms with van der Waals surface area (Å²) in [6.07, 6.45) is 0.837. The molecule has 28 heavy (non-hydrogen) atoms. The van der Waals surface area contributed by atoms with Crippen molar-refractivity contribution < 1.29 is 9.53 Å². The molecule has 2 aromatic heterocycles. The number of aromatic amines is 1. The molecule has 0 saturated heterocycles. The maximum absolute atomic E-state index is 12.2. The molecule has 0 fully saturated rings. The second kappa shape index (κ2) is 6.54. The van der Waals surface area contributed by atoms with E-state index in [1.165, 1.54) is 0 Å². The predicted molar refractivity (Wildman–Crippen MR) is 105 cm³/mol. The number of H-pyrrole nitrogens is 1. The third kappa shape index (κ3) is 2.73. The minimum absolute atomic E-state index is 0.408. The fourth-order valence-corrected chi connectivity index (χ4v) is 3.62. The Hall–Kier alpha value is -3.58. The normalized spacial score (nSPS) is 13.4. The van der Waals surface area contributed by atoms with E-state index in [0.717, 1.165) is 35.7 Å². The van der Waals surface area contributed by atoms with Crippen molar-refractivity contribution in [2.24, 2.45) is 5.73 Å². The Morgan fingerprint density at radius 3 is 2.57 bits per heavy atom. The Morgan fingerprint density at radius 2 is 1.82 bits per heavy atom. The highest BCUT2D eigenvalue weighted by atomic mass is 16.5. The Labute approximate surface area is 161 Å². The van der Waals surface area contributed by atoms with Crippen LogP contribution in [0.1, 0.15) is 21.7 Å². The van der Waals surface area contributed by atoms with E-state index in [4.69, 9.17) is 10.5 Å². The fourth-order valence-electron chi connectivity index (χ4n) is 3.62. The maximum Gasteiger partial charge on any atom is 0.254 e. The van der Waals surface area contributed by atoms with Gasteiger partial charge in [-0.25, -0.2) is 9.50 Å². The molecule has 4 aromatic rings. The number of nitrogens with two attached hydrogens (primary N) is 1. The van der Waals surface area contributed by atoms with Gasteiger partial charge in [-0.15, -0.1) is 0 Å². The zero-order chi connectivity index (χ0) is 19.1. The van der Waals surface area contributed by atoms with E-state index in [9.17, 15) is 4.79 Å². The van der Waals surface area contributed by atoms with Gasteiger partial charge in [-0.05, 0) is 36.4 Å². The summed E-state index contributed by atoms with van der Waals surface area (Å²) in [4.78, 5) is 16.9. The van der Waals surface area contributed by atoms with Gasteiger partial charge in [0.1, 0.15) is 17.1 Å². The molecule has 2 aromatic carbocycles. The fraction of sp³-hybridized carbons (Fsp3) is 0.143. The number of benzene rings is 2. The summed E-state index contributed by atoms with van der Waals surface area (Å²) in [6.45, 7) is 1.59. The molecule has 0 aliphatic carbocycles. The lowest BCUT2D eigenvalue weighted by atomic mass is 10.1. The Morgan fingerprint density at radius 1 is 1.07 bits per heavy atom. The highest BCUT2D eigenvalue weighted by Crippen LogP contribution is 2.30. The number of amides is 1. The maximum atomic E-state index is 12.2. The summed E-state index contributed by atoms with van der Waals surface area (Å²) in [7, 11) is 0. The molecule has 0 saturated carbocycles. The Kier molecular flexibility index (Phi) is 3.87. The minimum Gasteiger partial charge on any atom is -0.457 e. The molecule has 0 radical (unpaired) electrons. The van der Waals surface area contributed by atoms with E-state index in [1.54, 1.807) is 0 Å². The van der Waals surface area contributed by atoms with Crippen molar-refractivity contribution in [3.05, 3.63) is 71.5 Å². The van der Waals surface area contributed by atoms with Crippen molar-refractivity contribution in [2.75, 3.05) is 6.54 Å². The topological polar surface area (TPSA) is 97.4 Å². The quantitative estimate of drug-likeness (QED) is 0.512. The summed E-state index contributed by atoms with van der Waals surface area (Å²) in [5.41, 5.74) is 10.2. The molecule has 5 rings (SSSR count). The standard InChI is InChI=1S/C21H19N5O2/c22-20(27)18-19(25-26-17-12-23-11-10-16(17)24-21(18)26)13-6-8-15(9-7-13)28-14-4-2-1-3-5-14/h1-9,23,25H,10-12H2,(H2,22,27). The van der Waals surface area contributed by atoms with Crippen LogP contribution in [0.4, 0.5) is 0 Å². The van der Waals surface area contributed by atoms with E-state index < -0.39 is 5.91 Å². The van der Waals surface area contributed by atoms with E-state index in [-0.39, 0.29) is 0 Å². The van der Waals surface area contributed by atoms with Gasteiger partial charge in [-0.1, -0.05) is 18.2 Å².